The van der Waals surface area contributed by atoms with Crippen LogP contribution >= 0.6 is 7.26 Å². The summed E-state index contributed by atoms with van der Waals surface area (Å²) < 4.78 is 0. The molecule has 204 valence electrons. The standard InChI is InChI=1S/C42H32P/c1-7-19-33(20-8-1)39-31-32-40(42(35-23-11-3-12-24-35)41(39)34-21-9-2-10-22-34)43(36-25-13-4-14-26-36,37-27-15-5-16-28-37)38-29-17-6-18-30-38/h1-32H/q+1. The highest BCUT2D eigenvalue weighted by Crippen LogP contribution is 2.57. The number of rotatable bonds is 7. The van der Waals surface area contributed by atoms with Crippen LogP contribution in [-0.2, 0) is 0 Å². The summed E-state index contributed by atoms with van der Waals surface area (Å²) in [6.45, 7) is 0. The molecular weight excluding hydrogens is 535 g/mol. The molecule has 0 aliphatic heterocycles. The maximum atomic E-state index is 2.43. The number of hydrogen-bond donors (Lipinski definition) is 0. The van der Waals surface area contributed by atoms with Gasteiger partial charge in [0.1, 0.15) is 28.5 Å². The fourth-order valence-electron chi connectivity index (χ4n) is 6.35. The predicted octanol–water partition coefficient (Wildman–Crippen LogP) is 9.31. The molecule has 0 heterocycles. The normalized spacial score (nSPS) is 11.3. The van der Waals surface area contributed by atoms with Crippen LogP contribution in [0.4, 0.5) is 0 Å². The molecular formula is C42H32P+. The Kier molecular flexibility index (Phi) is 7.53. The van der Waals surface area contributed by atoms with Crippen LogP contribution in [0.15, 0.2) is 194 Å². The van der Waals surface area contributed by atoms with Crippen molar-refractivity contribution in [3.63, 3.8) is 0 Å². The van der Waals surface area contributed by atoms with Crippen molar-refractivity contribution in [2.45, 2.75) is 0 Å². The van der Waals surface area contributed by atoms with Gasteiger partial charge in [0.05, 0.1) is 0 Å². The van der Waals surface area contributed by atoms with Gasteiger partial charge in [-0.25, -0.2) is 0 Å². The molecule has 0 radical (unpaired) electrons. The molecule has 0 spiro atoms. The molecule has 7 aromatic rings. The minimum atomic E-state index is -2.37. The van der Waals surface area contributed by atoms with E-state index >= 15 is 0 Å². The van der Waals surface area contributed by atoms with Gasteiger partial charge in [-0.15, -0.1) is 0 Å². The molecule has 43 heavy (non-hydrogen) atoms. The maximum Gasteiger partial charge on any atom is 0.144 e. The third-order valence-electron chi connectivity index (χ3n) is 8.18. The van der Waals surface area contributed by atoms with E-state index in [2.05, 4.69) is 194 Å². The second-order valence-corrected chi connectivity index (χ2v) is 14.0. The molecule has 7 rings (SSSR count). The largest absolute Gasteiger partial charge is 0.144 e. The molecule has 1 heteroatoms. The second kappa shape index (κ2) is 12.1. The summed E-state index contributed by atoms with van der Waals surface area (Å²) in [5.74, 6) is 0. The minimum Gasteiger partial charge on any atom is -0.0622 e. The SMILES string of the molecule is c1ccc(-c2ccc([P+](c3ccccc3)(c3ccccc3)c3ccccc3)c(-c3ccccc3)c2-c2ccccc2)cc1. The molecule has 0 N–H and O–H groups in total. The lowest BCUT2D eigenvalue weighted by molar-refractivity contribution is 1.57. The van der Waals surface area contributed by atoms with E-state index in [1.54, 1.807) is 0 Å². The zero-order valence-electron chi connectivity index (χ0n) is 23.9. The molecule has 0 aliphatic carbocycles. The van der Waals surface area contributed by atoms with E-state index in [-0.39, 0.29) is 0 Å². The smallest absolute Gasteiger partial charge is 0.0622 e. The quantitative estimate of drug-likeness (QED) is 0.168. The molecule has 0 unspecified atom stereocenters. The molecule has 0 nitrogen and oxygen atoms in total. The Hall–Kier alpha value is -5.03. The first-order valence-electron chi connectivity index (χ1n) is 14.8. The summed E-state index contributed by atoms with van der Waals surface area (Å²) in [5, 5.41) is 5.39. The topological polar surface area (TPSA) is 0 Å². The van der Waals surface area contributed by atoms with Crippen LogP contribution < -0.4 is 21.2 Å². The molecule has 0 saturated heterocycles. The zero-order chi connectivity index (χ0) is 28.9. The van der Waals surface area contributed by atoms with Crippen LogP contribution in [0.3, 0.4) is 0 Å². The van der Waals surface area contributed by atoms with Crippen molar-refractivity contribution in [2.75, 3.05) is 0 Å². The molecule has 0 bridgehead atoms. The van der Waals surface area contributed by atoms with Gasteiger partial charge in [-0.3, -0.25) is 0 Å². The Bertz CT molecular complexity index is 1820. The van der Waals surface area contributed by atoms with Gasteiger partial charge in [-0.1, -0.05) is 146 Å². The van der Waals surface area contributed by atoms with Crippen molar-refractivity contribution in [2.24, 2.45) is 0 Å². The van der Waals surface area contributed by atoms with Gasteiger partial charge >= 0.3 is 0 Å². The first-order valence-corrected chi connectivity index (χ1v) is 16.6. The maximum absolute atomic E-state index is 2.43. The minimum absolute atomic E-state index is 1.22. The second-order valence-electron chi connectivity index (χ2n) is 10.7. The van der Waals surface area contributed by atoms with E-state index in [1.807, 2.05) is 0 Å². The summed E-state index contributed by atoms with van der Waals surface area (Å²) in [4.78, 5) is 0. The average molecular weight is 568 g/mol. The van der Waals surface area contributed by atoms with Crippen molar-refractivity contribution in [1.82, 2.24) is 0 Å². The van der Waals surface area contributed by atoms with E-state index < -0.39 is 7.26 Å². The van der Waals surface area contributed by atoms with Crippen LogP contribution in [0.1, 0.15) is 0 Å². The van der Waals surface area contributed by atoms with Crippen LogP contribution in [-0.4, -0.2) is 0 Å². The van der Waals surface area contributed by atoms with Gasteiger partial charge in [0, 0.05) is 11.1 Å². The lowest BCUT2D eigenvalue weighted by atomic mass is 9.87. The summed E-state index contributed by atoms with van der Waals surface area (Å²) in [6, 6.07) is 71.0. The summed E-state index contributed by atoms with van der Waals surface area (Å²) in [7, 11) is -2.37. The number of hydrogen-bond acceptors (Lipinski definition) is 0. The number of benzene rings is 7. The Balaban J connectivity index is 1.71. The lowest BCUT2D eigenvalue weighted by Crippen LogP contribution is -2.39. The molecule has 0 atom stereocenters. The van der Waals surface area contributed by atoms with Crippen molar-refractivity contribution in [3.8, 4) is 33.4 Å². The van der Waals surface area contributed by atoms with Gasteiger partial charge in [0.15, 0.2) is 0 Å². The zero-order valence-corrected chi connectivity index (χ0v) is 24.8. The highest BCUT2D eigenvalue weighted by molar-refractivity contribution is 8.01. The van der Waals surface area contributed by atoms with Gasteiger partial charge in [0.25, 0.3) is 0 Å². The van der Waals surface area contributed by atoms with E-state index in [9.17, 15) is 0 Å². The lowest BCUT2D eigenvalue weighted by Gasteiger charge is -2.31. The molecule has 7 aromatic carbocycles. The molecule has 0 amide bonds. The third kappa shape index (κ3) is 4.91. The first kappa shape index (κ1) is 26.8. The third-order valence-corrected chi connectivity index (χ3v) is 12.5. The Morgan fingerprint density at radius 2 is 0.581 bits per heavy atom. The van der Waals surface area contributed by atoms with E-state index in [1.165, 1.54) is 54.6 Å². The van der Waals surface area contributed by atoms with Crippen molar-refractivity contribution in [3.05, 3.63) is 194 Å². The summed E-state index contributed by atoms with van der Waals surface area (Å²) in [5.41, 5.74) is 7.45. The van der Waals surface area contributed by atoms with Crippen molar-refractivity contribution in [1.29, 1.82) is 0 Å². The van der Waals surface area contributed by atoms with Crippen LogP contribution in [0.25, 0.3) is 33.4 Å². The van der Waals surface area contributed by atoms with Crippen LogP contribution in [0, 0.1) is 0 Å². The average Bonchev–Trinajstić information content (AvgIpc) is 3.11. The Morgan fingerprint density at radius 3 is 0.977 bits per heavy atom. The summed E-state index contributed by atoms with van der Waals surface area (Å²) >= 11 is 0. The van der Waals surface area contributed by atoms with Gasteiger partial charge < -0.3 is 0 Å². The van der Waals surface area contributed by atoms with Gasteiger partial charge in [-0.05, 0) is 70.8 Å². The monoisotopic (exact) mass is 567 g/mol. The van der Waals surface area contributed by atoms with Crippen LogP contribution in [0.2, 0.25) is 0 Å². The van der Waals surface area contributed by atoms with Crippen molar-refractivity contribution >= 4 is 28.5 Å². The molecule has 0 aromatic heterocycles. The van der Waals surface area contributed by atoms with Crippen molar-refractivity contribution < 1.29 is 0 Å². The Labute approximate surface area is 255 Å². The highest BCUT2D eigenvalue weighted by atomic mass is 31.2. The molecule has 0 fully saturated rings. The Morgan fingerprint density at radius 1 is 0.256 bits per heavy atom. The van der Waals surface area contributed by atoms with Gasteiger partial charge in [0.2, 0.25) is 0 Å². The molecule has 0 aliphatic rings. The first-order chi connectivity index (χ1) is 21.4. The fourth-order valence-corrected chi connectivity index (χ4v) is 10.8. The van der Waals surface area contributed by atoms with E-state index in [0.717, 1.165) is 0 Å². The highest BCUT2D eigenvalue weighted by Gasteiger charge is 2.50. The van der Waals surface area contributed by atoms with Gasteiger partial charge in [-0.2, -0.15) is 0 Å². The van der Waals surface area contributed by atoms with E-state index in [0.29, 0.717) is 0 Å². The van der Waals surface area contributed by atoms with E-state index in [4.69, 9.17) is 0 Å². The predicted molar refractivity (Wildman–Crippen MR) is 188 cm³/mol. The fraction of sp³-hybridized carbons (Fsp3) is 0. The van der Waals surface area contributed by atoms with Crippen LogP contribution in [0.5, 0.6) is 0 Å². The summed E-state index contributed by atoms with van der Waals surface area (Å²) in [6.07, 6.45) is 0. The molecule has 0 saturated carbocycles.